The van der Waals surface area contributed by atoms with E-state index in [1.165, 1.54) is 13.8 Å². The second-order valence-corrected chi connectivity index (χ2v) is 1.83. The van der Waals surface area contributed by atoms with E-state index in [4.69, 9.17) is 16.9 Å². The van der Waals surface area contributed by atoms with Gasteiger partial charge in [0, 0.05) is 18.7 Å². The van der Waals surface area contributed by atoms with Gasteiger partial charge < -0.3 is 5.11 Å². The van der Waals surface area contributed by atoms with E-state index in [-0.39, 0.29) is 5.91 Å². The molecule has 1 amide bonds. The Kier molecular flexibility index (Phi) is 2.79. The predicted octanol–water partition coefficient (Wildman–Crippen LogP) is 0.327. The molecule has 1 unspecified atom stereocenters. The summed E-state index contributed by atoms with van der Waals surface area (Å²) in [4.78, 5) is 10.2. The van der Waals surface area contributed by atoms with Crippen molar-refractivity contribution in [2.24, 2.45) is 0 Å². The van der Waals surface area contributed by atoms with Gasteiger partial charge in [0.1, 0.15) is 6.23 Å². The van der Waals surface area contributed by atoms with Gasteiger partial charge in [-0.15, -0.1) is 0 Å². The first-order valence-electron chi connectivity index (χ1n) is 2.19. The Labute approximate surface area is 53.0 Å². The smallest absolute Gasteiger partial charge is 0.236 e. The molecule has 1 atom stereocenters. The molecule has 0 aromatic carbocycles. The summed E-state index contributed by atoms with van der Waals surface area (Å²) >= 11 is 5.18. The molecule has 0 aliphatic heterocycles. The summed E-state index contributed by atoms with van der Waals surface area (Å²) in [6.45, 7) is 2.69. The second kappa shape index (κ2) is 2.89. The average Bonchev–Trinajstić information content (AvgIpc) is 1.64. The number of hydrogen-bond acceptors (Lipinski definition) is 2. The minimum Gasteiger partial charge on any atom is -0.372 e. The number of hydrogen-bond donors (Lipinski definition) is 1. The molecule has 3 nitrogen and oxygen atoms in total. The molecule has 0 saturated carbocycles. The maximum Gasteiger partial charge on any atom is 0.236 e. The highest BCUT2D eigenvalue weighted by atomic mass is 35.5. The van der Waals surface area contributed by atoms with Crippen molar-refractivity contribution < 1.29 is 9.90 Å². The first-order chi connectivity index (χ1) is 3.55. The molecule has 0 radical (unpaired) electrons. The van der Waals surface area contributed by atoms with Crippen molar-refractivity contribution in [1.29, 1.82) is 0 Å². The molecular weight excluding hydrogens is 130 g/mol. The minimum atomic E-state index is -0.908. The van der Waals surface area contributed by atoms with Crippen molar-refractivity contribution in [2.45, 2.75) is 20.1 Å². The van der Waals surface area contributed by atoms with Gasteiger partial charge in [0.15, 0.2) is 0 Å². The number of carbonyl (C=O) groups is 1. The quantitative estimate of drug-likeness (QED) is 0.418. The van der Waals surface area contributed by atoms with Crippen molar-refractivity contribution in [3.63, 3.8) is 0 Å². The zero-order chi connectivity index (χ0) is 6.73. The van der Waals surface area contributed by atoms with Crippen LogP contribution in [0.15, 0.2) is 0 Å². The number of aliphatic hydroxyl groups excluding tert-OH is 1. The van der Waals surface area contributed by atoms with E-state index >= 15 is 0 Å². The normalized spacial score (nSPS) is 13.0. The second-order valence-electron chi connectivity index (χ2n) is 1.46. The number of amides is 1. The van der Waals surface area contributed by atoms with E-state index in [1.54, 1.807) is 0 Å². The fourth-order valence-electron chi connectivity index (χ4n) is 0.263. The summed E-state index contributed by atoms with van der Waals surface area (Å²) in [5, 5.41) is 8.56. The number of carbonyl (C=O) groups excluding carboxylic acids is 1. The van der Waals surface area contributed by atoms with Crippen LogP contribution >= 0.6 is 11.8 Å². The Morgan fingerprint density at radius 2 is 2.25 bits per heavy atom. The van der Waals surface area contributed by atoms with Crippen LogP contribution in [0.2, 0.25) is 0 Å². The third-order valence-electron chi connectivity index (χ3n) is 0.629. The highest BCUT2D eigenvalue weighted by Gasteiger charge is 2.08. The van der Waals surface area contributed by atoms with Gasteiger partial charge >= 0.3 is 0 Å². The summed E-state index contributed by atoms with van der Waals surface area (Å²) in [6, 6.07) is 0. The van der Waals surface area contributed by atoms with Crippen LogP contribution in [-0.2, 0) is 4.79 Å². The first kappa shape index (κ1) is 7.72. The van der Waals surface area contributed by atoms with E-state index in [0.29, 0.717) is 0 Å². The Morgan fingerprint density at radius 1 is 1.88 bits per heavy atom. The fraction of sp³-hybridized carbons (Fsp3) is 0.750. The molecule has 0 aromatic heterocycles. The average molecular weight is 138 g/mol. The lowest BCUT2D eigenvalue weighted by molar-refractivity contribution is -0.129. The van der Waals surface area contributed by atoms with Gasteiger partial charge in [0.25, 0.3) is 0 Å². The Hall–Kier alpha value is -0.280. The summed E-state index contributed by atoms with van der Waals surface area (Å²) in [6.07, 6.45) is -0.908. The maximum absolute atomic E-state index is 10.2. The Bertz CT molecular complexity index is 94.0. The number of nitrogens with zero attached hydrogens (tertiary/aromatic N) is 1. The lowest BCUT2D eigenvalue weighted by atomic mass is 10.6. The lowest BCUT2D eigenvalue weighted by Crippen LogP contribution is -2.27. The standard InChI is InChI=1S/C4H8ClNO2/c1-3(7)6(5)4(2)8/h3,7H,1-2H3. The molecule has 48 valence electrons. The highest BCUT2D eigenvalue weighted by Crippen LogP contribution is 1.98. The zero-order valence-electron chi connectivity index (χ0n) is 4.76. The Balaban J connectivity index is 3.64. The molecule has 8 heavy (non-hydrogen) atoms. The molecule has 1 N–H and O–H groups in total. The zero-order valence-corrected chi connectivity index (χ0v) is 5.51. The molecule has 0 rings (SSSR count). The highest BCUT2D eigenvalue weighted by molar-refractivity contribution is 6.21. The lowest BCUT2D eigenvalue weighted by Gasteiger charge is -2.13. The van der Waals surface area contributed by atoms with E-state index in [1.807, 2.05) is 0 Å². The van der Waals surface area contributed by atoms with Crippen LogP contribution in [0.5, 0.6) is 0 Å². The van der Waals surface area contributed by atoms with Crippen molar-refractivity contribution in [2.75, 3.05) is 0 Å². The molecule has 0 aliphatic rings. The molecule has 0 saturated heterocycles. The van der Waals surface area contributed by atoms with E-state index in [2.05, 4.69) is 0 Å². The van der Waals surface area contributed by atoms with Gasteiger partial charge in [-0.2, -0.15) is 0 Å². The van der Waals surface area contributed by atoms with Crippen molar-refractivity contribution in [1.82, 2.24) is 4.42 Å². The van der Waals surface area contributed by atoms with E-state index in [9.17, 15) is 4.79 Å². The van der Waals surface area contributed by atoms with Crippen LogP contribution in [0.1, 0.15) is 13.8 Å². The molecule has 4 heteroatoms. The topological polar surface area (TPSA) is 40.5 Å². The van der Waals surface area contributed by atoms with Crippen LogP contribution in [0, 0.1) is 0 Å². The van der Waals surface area contributed by atoms with Crippen LogP contribution in [0.25, 0.3) is 0 Å². The first-order valence-corrected chi connectivity index (χ1v) is 2.53. The predicted molar refractivity (Wildman–Crippen MR) is 30.1 cm³/mol. The molecule has 0 heterocycles. The summed E-state index contributed by atoms with van der Waals surface area (Å²) in [5.74, 6) is -0.360. The Morgan fingerprint density at radius 3 is 2.25 bits per heavy atom. The van der Waals surface area contributed by atoms with E-state index < -0.39 is 6.23 Å². The van der Waals surface area contributed by atoms with Gasteiger partial charge in [-0.1, -0.05) is 0 Å². The minimum absolute atomic E-state index is 0.360. The SMILES string of the molecule is CC(=O)N(Cl)C(C)O. The number of halogens is 1. The van der Waals surface area contributed by atoms with Gasteiger partial charge in [-0.3, -0.25) is 4.79 Å². The van der Waals surface area contributed by atoms with Crippen molar-refractivity contribution in [3.8, 4) is 0 Å². The summed E-state index contributed by atoms with van der Waals surface area (Å²) < 4.78 is 0.722. The van der Waals surface area contributed by atoms with E-state index in [0.717, 1.165) is 4.42 Å². The number of rotatable bonds is 1. The van der Waals surface area contributed by atoms with Gasteiger partial charge in [-0.05, 0) is 6.92 Å². The molecule has 0 spiro atoms. The summed E-state index contributed by atoms with van der Waals surface area (Å²) in [7, 11) is 0. The summed E-state index contributed by atoms with van der Waals surface area (Å²) in [5.41, 5.74) is 0. The van der Waals surface area contributed by atoms with Gasteiger partial charge in [0.2, 0.25) is 5.91 Å². The molecule has 0 bridgehead atoms. The van der Waals surface area contributed by atoms with Crippen LogP contribution in [-0.4, -0.2) is 21.7 Å². The molecule has 0 aromatic rings. The monoisotopic (exact) mass is 137 g/mol. The van der Waals surface area contributed by atoms with Gasteiger partial charge in [0.05, 0.1) is 0 Å². The third-order valence-corrected chi connectivity index (χ3v) is 1.15. The molecule has 0 aliphatic carbocycles. The maximum atomic E-state index is 10.2. The van der Waals surface area contributed by atoms with Crippen molar-refractivity contribution in [3.05, 3.63) is 0 Å². The fourth-order valence-corrected chi connectivity index (χ4v) is 0.263. The number of aliphatic hydroxyl groups is 1. The third kappa shape index (κ3) is 2.14. The van der Waals surface area contributed by atoms with Crippen LogP contribution in [0.4, 0.5) is 0 Å². The van der Waals surface area contributed by atoms with Crippen LogP contribution < -0.4 is 0 Å². The van der Waals surface area contributed by atoms with Gasteiger partial charge in [-0.25, -0.2) is 4.42 Å². The van der Waals surface area contributed by atoms with Crippen LogP contribution in [0.3, 0.4) is 0 Å². The molecular formula is C4H8ClNO2. The van der Waals surface area contributed by atoms with Crippen molar-refractivity contribution >= 4 is 17.7 Å². The largest absolute Gasteiger partial charge is 0.372 e. The molecule has 0 fully saturated rings.